The third-order valence-electron chi connectivity index (χ3n) is 5.32. The molecule has 0 radical (unpaired) electrons. The van der Waals surface area contributed by atoms with E-state index in [1.165, 1.54) is 15.4 Å². The van der Waals surface area contributed by atoms with Crippen LogP contribution in [0.5, 0.6) is 5.75 Å². The van der Waals surface area contributed by atoms with Gasteiger partial charge in [-0.1, -0.05) is 31.2 Å². The van der Waals surface area contributed by atoms with Gasteiger partial charge in [-0.15, -0.1) is 11.3 Å². The number of amides is 1. The lowest BCUT2D eigenvalue weighted by atomic mass is 10.0. The number of nitrogens with zero attached hydrogens (tertiary/aromatic N) is 2. The molecule has 0 unspecified atom stereocenters. The molecule has 6 heteroatoms. The zero-order valence-electron chi connectivity index (χ0n) is 16.7. The van der Waals surface area contributed by atoms with E-state index in [0.29, 0.717) is 18.0 Å². The molecular formula is C23H25N3O2S. The summed E-state index contributed by atoms with van der Waals surface area (Å²) >= 11 is 1.79. The largest absolute Gasteiger partial charge is 0.497 e. The van der Waals surface area contributed by atoms with Crippen LogP contribution in [-0.2, 0) is 6.54 Å². The van der Waals surface area contributed by atoms with Gasteiger partial charge < -0.3 is 15.0 Å². The van der Waals surface area contributed by atoms with Crippen molar-refractivity contribution in [3.05, 3.63) is 70.9 Å². The number of ether oxygens (including phenoxy) is 1. The first-order chi connectivity index (χ1) is 14.2. The molecule has 0 aliphatic carbocycles. The molecule has 0 saturated carbocycles. The second-order valence-corrected chi connectivity index (χ2v) is 8.28. The van der Waals surface area contributed by atoms with Gasteiger partial charge in [0.05, 0.1) is 17.0 Å². The Balaban J connectivity index is 1.33. The monoisotopic (exact) mass is 407 g/mol. The highest BCUT2D eigenvalue weighted by molar-refractivity contribution is 7.15. The number of nitrogens with one attached hydrogen (secondary N) is 1. The number of aromatic nitrogens is 1. The Kier molecular flexibility index (Phi) is 5.92. The van der Waals surface area contributed by atoms with Crippen molar-refractivity contribution < 1.29 is 9.53 Å². The summed E-state index contributed by atoms with van der Waals surface area (Å²) in [5.41, 5.74) is 2.86. The average molecular weight is 408 g/mol. The number of hydrogen-bond donors (Lipinski definition) is 1. The van der Waals surface area contributed by atoms with Crippen molar-refractivity contribution in [2.45, 2.75) is 19.4 Å². The molecule has 1 aliphatic rings. The Morgan fingerprint density at radius 3 is 2.55 bits per heavy atom. The first-order valence-electron chi connectivity index (χ1n) is 9.86. The number of benzene rings is 2. The van der Waals surface area contributed by atoms with Gasteiger partial charge in [0.25, 0.3) is 5.91 Å². The fourth-order valence-corrected chi connectivity index (χ4v) is 4.41. The minimum atomic E-state index is -0.0922. The quantitative estimate of drug-likeness (QED) is 0.639. The third kappa shape index (κ3) is 4.49. The molecule has 1 aromatic heterocycles. The Morgan fingerprint density at radius 1 is 1.17 bits per heavy atom. The number of likely N-dealkylation sites (N-methyl/N-ethyl adjacent to an activating group) is 1. The lowest BCUT2D eigenvalue weighted by Crippen LogP contribution is -2.44. The molecule has 0 atom stereocenters. The van der Waals surface area contributed by atoms with E-state index in [1.54, 1.807) is 42.7 Å². The maximum atomic E-state index is 12.3. The molecule has 1 fully saturated rings. The van der Waals surface area contributed by atoms with Crippen LogP contribution in [0.3, 0.4) is 0 Å². The summed E-state index contributed by atoms with van der Waals surface area (Å²) in [5, 5.41) is 4.20. The Hall–Kier alpha value is -2.70. The fourth-order valence-electron chi connectivity index (χ4n) is 3.41. The Morgan fingerprint density at radius 2 is 1.90 bits per heavy atom. The van der Waals surface area contributed by atoms with Crippen molar-refractivity contribution in [3.8, 4) is 16.2 Å². The molecule has 5 nitrogen and oxygen atoms in total. The molecule has 2 aromatic carbocycles. The fraction of sp³-hybridized carbons (Fsp3) is 0.304. The van der Waals surface area contributed by atoms with Gasteiger partial charge in [0.2, 0.25) is 0 Å². The summed E-state index contributed by atoms with van der Waals surface area (Å²) in [4.78, 5) is 20.6. The van der Waals surface area contributed by atoms with E-state index in [2.05, 4.69) is 46.4 Å². The number of methoxy groups -OCH3 is 1. The van der Waals surface area contributed by atoms with Gasteiger partial charge in [-0.25, -0.2) is 4.98 Å². The van der Waals surface area contributed by atoms with E-state index >= 15 is 0 Å². The lowest BCUT2D eigenvalue weighted by molar-refractivity contribution is 0.0951. The maximum absolute atomic E-state index is 12.3. The molecule has 1 saturated heterocycles. The van der Waals surface area contributed by atoms with Crippen LogP contribution in [0.25, 0.3) is 10.4 Å². The number of thiazole rings is 1. The third-order valence-corrected chi connectivity index (χ3v) is 6.53. The standard InChI is InChI=1S/C23H25N3O2S/c1-3-26-14-19(15-26)23-25-13-21(29-23)17-6-4-16(5-7-17)12-24-22(27)18-8-10-20(28-2)11-9-18/h4-11,13,19H,3,12,14-15H2,1-2H3,(H,24,27). The summed E-state index contributed by atoms with van der Waals surface area (Å²) in [7, 11) is 1.61. The normalized spacial score (nSPS) is 14.4. The van der Waals surface area contributed by atoms with Crippen molar-refractivity contribution in [2.24, 2.45) is 0 Å². The van der Waals surface area contributed by atoms with E-state index in [-0.39, 0.29) is 5.91 Å². The van der Waals surface area contributed by atoms with Crippen LogP contribution in [0.4, 0.5) is 0 Å². The van der Waals surface area contributed by atoms with Crippen molar-refractivity contribution in [1.29, 1.82) is 0 Å². The van der Waals surface area contributed by atoms with E-state index in [1.807, 2.05) is 6.20 Å². The van der Waals surface area contributed by atoms with Crippen molar-refractivity contribution in [1.82, 2.24) is 15.2 Å². The summed E-state index contributed by atoms with van der Waals surface area (Å²) in [5.74, 6) is 1.23. The highest BCUT2D eigenvalue weighted by Crippen LogP contribution is 2.34. The highest BCUT2D eigenvalue weighted by atomic mass is 32.1. The van der Waals surface area contributed by atoms with Crippen LogP contribution < -0.4 is 10.1 Å². The minimum absolute atomic E-state index is 0.0922. The molecule has 1 N–H and O–H groups in total. The minimum Gasteiger partial charge on any atom is -0.497 e. The number of carbonyl (C=O) groups excluding carboxylic acids is 1. The van der Waals surface area contributed by atoms with Crippen LogP contribution in [0.1, 0.15) is 33.8 Å². The van der Waals surface area contributed by atoms with Crippen molar-refractivity contribution >= 4 is 17.2 Å². The molecule has 29 heavy (non-hydrogen) atoms. The zero-order valence-corrected chi connectivity index (χ0v) is 17.5. The number of rotatable bonds is 7. The molecular weight excluding hydrogens is 382 g/mol. The molecule has 1 amide bonds. The van der Waals surface area contributed by atoms with Crippen LogP contribution >= 0.6 is 11.3 Å². The van der Waals surface area contributed by atoms with Gasteiger partial charge in [0.1, 0.15) is 5.75 Å². The SMILES string of the molecule is CCN1CC(c2ncc(-c3ccc(CNC(=O)c4ccc(OC)cc4)cc3)s2)C1. The predicted molar refractivity (Wildman–Crippen MR) is 117 cm³/mol. The molecule has 4 rings (SSSR count). The van der Waals surface area contributed by atoms with Crippen LogP contribution in [0, 0.1) is 0 Å². The van der Waals surface area contributed by atoms with Crippen molar-refractivity contribution in [3.63, 3.8) is 0 Å². The first-order valence-corrected chi connectivity index (χ1v) is 10.7. The van der Waals surface area contributed by atoms with Gasteiger partial charge in [0, 0.05) is 37.3 Å². The zero-order chi connectivity index (χ0) is 20.2. The van der Waals surface area contributed by atoms with Gasteiger partial charge in [-0.3, -0.25) is 4.79 Å². The molecule has 3 aromatic rings. The van der Waals surface area contributed by atoms with Crippen LogP contribution in [0.2, 0.25) is 0 Å². The Labute approximate surface area is 175 Å². The van der Waals surface area contributed by atoms with E-state index in [4.69, 9.17) is 4.74 Å². The topological polar surface area (TPSA) is 54.5 Å². The summed E-state index contributed by atoms with van der Waals surface area (Å²) in [6.07, 6.45) is 1.98. The Bertz CT molecular complexity index is 961. The highest BCUT2D eigenvalue weighted by Gasteiger charge is 2.29. The first kappa shape index (κ1) is 19.6. The molecule has 150 valence electrons. The van der Waals surface area contributed by atoms with E-state index in [9.17, 15) is 4.79 Å². The van der Waals surface area contributed by atoms with Gasteiger partial charge in [-0.2, -0.15) is 0 Å². The lowest BCUT2D eigenvalue weighted by Gasteiger charge is -2.37. The van der Waals surface area contributed by atoms with Crippen molar-refractivity contribution in [2.75, 3.05) is 26.7 Å². The molecule has 2 heterocycles. The van der Waals surface area contributed by atoms with Crippen LogP contribution in [0.15, 0.2) is 54.7 Å². The molecule has 0 spiro atoms. The number of likely N-dealkylation sites (tertiary alicyclic amines) is 1. The smallest absolute Gasteiger partial charge is 0.251 e. The summed E-state index contributed by atoms with van der Waals surface area (Å²) in [6, 6.07) is 15.4. The second kappa shape index (κ2) is 8.76. The molecule has 0 bridgehead atoms. The van der Waals surface area contributed by atoms with Gasteiger partial charge in [-0.05, 0) is 41.9 Å². The van der Waals surface area contributed by atoms with E-state index < -0.39 is 0 Å². The predicted octanol–water partition coefficient (Wildman–Crippen LogP) is 4.17. The molecule has 1 aliphatic heterocycles. The maximum Gasteiger partial charge on any atom is 0.251 e. The summed E-state index contributed by atoms with van der Waals surface area (Å²) in [6.45, 7) is 6.05. The average Bonchev–Trinajstić information content (AvgIpc) is 3.21. The van der Waals surface area contributed by atoms with Gasteiger partial charge >= 0.3 is 0 Å². The summed E-state index contributed by atoms with van der Waals surface area (Å²) < 4.78 is 5.12. The van der Waals surface area contributed by atoms with Gasteiger partial charge in [0.15, 0.2) is 0 Å². The number of hydrogen-bond acceptors (Lipinski definition) is 5. The number of carbonyl (C=O) groups is 1. The second-order valence-electron chi connectivity index (χ2n) is 7.22. The van der Waals surface area contributed by atoms with E-state index in [0.717, 1.165) is 30.9 Å². The van der Waals surface area contributed by atoms with Crippen LogP contribution in [-0.4, -0.2) is 42.5 Å².